The monoisotopic (exact) mass is 436 g/mol. The Kier molecular flexibility index (Phi) is 5.64. The third kappa shape index (κ3) is 4.52. The minimum Gasteiger partial charge on any atom is -0.488 e. The molecule has 3 aliphatic heterocycles. The maximum atomic E-state index is 12.6. The van der Waals surface area contributed by atoms with Gasteiger partial charge in [0.2, 0.25) is 18.6 Å². The molecule has 0 radical (unpaired) electrons. The zero-order valence-corrected chi connectivity index (χ0v) is 18.0. The number of carbonyl (C=O) groups is 2. The molecule has 2 aromatic rings. The molecule has 2 aromatic carbocycles. The molecule has 1 unspecified atom stereocenters. The average molecular weight is 437 g/mol. The van der Waals surface area contributed by atoms with E-state index >= 15 is 0 Å². The van der Waals surface area contributed by atoms with Gasteiger partial charge in [-0.25, -0.2) is 0 Å². The quantitative estimate of drug-likeness (QED) is 0.697. The fourth-order valence-electron chi connectivity index (χ4n) is 4.82. The summed E-state index contributed by atoms with van der Waals surface area (Å²) in [4.78, 5) is 24.6. The number of carbonyl (C=O) groups excluding carboxylic acids is 2. The van der Waals surface area contributed by atoms with Crippen molar-refractivity contribution >= 4 is 11.8 Å². The molecule has 32 heavy (non-hydrogen) atoms. The molecule has 7 nitrogen and oxygen atoms in total. The van der Waals surface area contributed by atoms with Gasteiger partial charge in [-0.15, -0.1) is 0 Å². The number of nitrogens with one attached hydrogen (secondary N) is 2. The summed E-state index contributed by atoms with van der Waals surface area (Å²) < 4.78 is 16.9. The van der Waals surface area contributed by atoms with E-state index in [-0.39, 0.29) is 24.7 Å². The fourth-order valence-corrected chi connectivity index (χ4v) is 4.82. The van der Waals surface area contributed by atoms with Gasteiger partial charge in [0.05, 0.1) is 6.54 Å². The number of hydrogen-bond donors (Lipinski definition) is 2. The van der Waals surface area contributed by atoms with Gasteiger partial charge in [0.15, 0.2) is 11.5 Å². The third-order valence-electron chi connectivity index (χ3n) is 6.57. The Balaban J connectivity index is 1.15. The highest BCUT2D eigenvalue weighted by molar-refractivity contribution is 5.80. The van der Waals surface area contributed by atoms with Crippen LogP contribution in [0, 0.1) is 0 Å². The Morgan fingerprint density at radius 3 is 2.84 bits per heavy atom. The lowest BCUT2D eigenvalue weighted by atomic mass is 9.85. The predicted molar refractivity (Wildman–Crippen MR) is 118 cm³/mol. The molecule has 0 aliphatic carbocycles. The highest BCUT2D eigenvalue weighted by atomic mass is 16.7. The van der Waals surface area contributed by atoms with Gasteiger partial charge >= 0.3 is 0 Å². The van der Waals surface area contributed by atoms with E-state index in [1.165, 1.54) is 5.56 Å². The van der Waals surface area contributed by atoms with E-state index in [2.05, 4.69) is 16.7 Å². The zero-order valence-electron chi connectivity index (χ0n) is 18.0. The topological polar surface area (TPSA) is 85.9 Å². The van der Waals surface area contributed by atoms with Crippen molar-refractivity contribution < 1.29 is 23.8 Å². The van der Waals surface area contributed by atoms with Gasteiger partial charge in [-0.05, 0) is 61.4 Å². The van der Waals surface area contributed by atoms with Gasteiger partial charge in [-0.2, -0.15) is 0 Å². The van der Waals surface area contributed by atoms with E-state index < -0.39 is 5.54 Å². The Bertz CT molecular complexity index is 1020. The van der Waals surface area contributed by atoms with Gasteiger partial charge in [0, 0.05) is 18.4 Å². The molecule has 0 spiro atoms. The molecule has 3 aliphatic rings. The lowest BCUT2D eigenvalue weighted by Crippen LogP contribution is -2.45. The summed E-state index contributed by atoms with van der Waals surface area (Å²) in [6, 6.07) is 13.9. The summed E-state index contributed by atoms with van der Waals surface area (Å²) in [6.07, 6.45) is 4.65. The van der Waals surface area contributed by atoms with Gasteiger partial charge in [0.25, 0.3) is 0 Å². The van der Waals surface area contributed by atoms with Gasteiger partial charge in [-0.3, -0.25) is 9.59 Å². The van der Waals surface area contributed by atoms with Crippen LogP contribution in [0.15, 0.2) is 42.5 Å². The van der Waals surface area contributed by atoms with E-state index in [1.54, 1.807) is 0 Å². The molecule has 0 bridgehead atoms. The third-order valence-corrected chi connectivity index (χ3v) is 6.57. The van der Waals surface area contributed by atoms with E-state index in [9.17, 15) is 9.59 Å². The minimum atomic E-state index is -0.414. The summed E-state index contributed by atoms with van der Waals surface area (Å²) in [5.74, 6) is 2.41. The second-order valence-corrected chi connectivity index (χ2v) is 8.88. The SMILES string of the molecule is O=C(CCC1(Cc2ccc3c(c2)OCO3)CCC(=O)N1)NC[C@H]1CCc2ccccc2O1. The van der Waals surface area contributed by atoms with E-state index in [4.69, 9.17) is 14.2 Å². The molecular weight excluding hydrogens is 408 g/mol. The number of para-hydroxylation sites is 1. The molecular formula is C25H28N2O5. The first kappa shape index (κ1) is 20.7. The van der Waals surface area contributed by atoms with Crippen molar-refractivity contribution in [2.45, 2.75) is 56.6 Å². The zero-order chi connectivity index (χ0) is 22.0. The standard InChI is InChI=1S/C25H28N2O5/c28-23(26-15-19-7-6-18-3-1-2-4-20(18)32-19)9-11-25(12-10-24(29)27-25)14-17-5-8-21-22(13-17)31-16-30-21/h1-5,8,13,19H,6-7,9-12,14-16H2,(H,26,28)(H,27,29)/t19-,25?/m1/s1. The first-order chi connectivity index (χ1) is 15.6. The Hall–Kier alpha value is -3.22. The predicted octanol–water partition coefficient (Wildman–Crippen LogP) is 2.90. The van der Waals surface area contributed by atoms with Crippen LogP contribution in [0.1, 0.15) is 43.2 Å². The maximum absolute atomic E-state index is 12.6. The second kappa shape index (κ2) is 8.73. The van der Waals surface area contributed by atoms with Crippen molar-refractivity contribution in [2.24, 2.45) is 0 Å². The summed E-state index contributed by atoms with van der Waals surface area (Å²) in [5, 5.41) is 6.16. The number of benzene rings is 2. The highest BCUT2D eigenvalue weighted by Gasteiger charge is 2.38. The first-order valence-corrected chi connectivity index (χ1v) is 11.3. The van der Waals surface area contributed by atoms with Crippen LogP contribution in [0.25, 0.3) is 0 Å². The van der Waals surface area contributed by atoms with Crippen LogP contribution in [0.3, 0.4) is 0 Å². The smallest absolute Gasteiger partial charge is 0.231 e. The molecule has 2 atom stereocenters. The first-order valence-electron chi connectivity index (χ1n) is 11.3. The van der Waals surface area contributed by atoms with Crippen LogP contribution in [-0.4, -0.2) is 36.8 Å². The molecule has 168 valence electrons. The van der Waals surface area contributed by atoms with E-state index in [0.29, 0.717) is 32.2 Å². The van der Waals surface area contributed by atoms with Crippen molar-refractivity contribution in [3.8, 4) is 17.2 Å². The number of rotatable bonds is 7. The molecule has 2 amide bonds. The Morgan fingerprint density at radius 1 is 1.09 bits per heavy atom. The van der Waals surface area contributed by atoms with Crippen LogP contribution in [0.2, 0.25) is 0 Å². The fraction of sp³-hybridized carbons (Fsp3) is 0.440. The average Bonchev–Trinajstić information content (AvgIpc) is 3.42. The number of ether oxygens (including phenoxy) is 3. The van der Waals surface area contributed by atoms with Crippen molar-refractivity contribution in [3.63, 3.8) is 0 Å². The molecule has 3 heterocycles. The number of amides is 2. The maximum Gasteiger partial charge on any atom is 0.231 e. The molecule has 1 fully saturated rings. The lowest BCUT2D eigenvalue weighted by molar-refractivity contribution is -0.123. The normalized spacial score (nSPS) is 23.2. The summed E-state index contributed by atoms with van der Waals surface area (Å²) in [7, 11) is 0. The summed E-state index contributed by atoms with van der Waals surface area (Å²) in [6.45, 7) is 0.728. The largest absolute Gasteiger partial charge is 0.488 e. The van der Waals surface area contributed by atoms with E-state index in [1.807, 2.05) is 36.4 Å². The van der Waals surface area contributed by atoms with Crippen molar-refractivity contribution in [3.05, 3.63) is 53.6 Å². The van der Waals surface area contributed by atoms with Gasteiger partial charge < -0.3 is 24.8 Å². The van der Waals surface area contributed by atoms with Crippen molar-refractivity contribution in [1.29, 1.82) is 0 Å². The second-order valence-electron chi connectivity index (χ2n) is 8.88. The number of aryl methyl sites for hydroxylation is 1. The summed E-state index contributed by atoms with van der Waals surface area (Å²) in [5.41, 5.74) is 1.87. The van der Waals surface area contributed by atoms with Crippen molar-refractivity contribution in [1.82, 2.24) is 10.6 Å². The highest BCUT2D eigenvalue weighted by Crippen LogP contribution is 2.36. The molecule has 7 heteroatoms. The number of fused-ring (bicyclic) bond motifs is 2. The van der Waals surface area contributed by atoms with Crippen molar-refractivity contribution in [2.75, 3.05) is 13.3 Å². The van der Waals surface area contributed by atoms with Crippen LogP contribution in [0.4, 0.5) is 0 Å². The molecule has 2 N–H and O–H groups in total. The van der Waals surface area contributed by atoms with Gasteiger partial charge in [0.1, 0.15) is 11.9 Å². The van der Waals surface area contributed by atoms with Gasteiger partial charge in [-0.1, -0.05) is 24.3 Å². The lowest BCUT2D eigenvalue weighted by Gasteiger charge is -2.30. The van der Waals surface area contributed by atoms with E-state index in [0.717, 1.165) is 42.1 Å². The number of hydrogen-bond acceptors (Lipinski definition) is 5. The summed E-state index contributed by atoms with van der Waals surface area (Å²) >= 11 is 0. The van der Waals surface area contributed by atoms with Crippen LogP contribution < -0.4 is 24.8 Å². The molecule has 5 rings (SSSR count). The van der Waals surface area contributed by atoms with Crippen LogP contribution in [0.5, 0.6) is 17.2 Å². The Morgan fingerprint density at radius 2 is 1.97 bits per heavy atom. The van der Waals surface area contributed by atoms with Crippen LogP contribution in [-0.2, 0) is 22.4 Å². The molecule has 0 saturated carbocycles. The molecule has 0 aromatic heterocycles. The van der Waals surface area contributed by atoms with Crippen LogP contribution >= 0.6 is 0 Å². The minimum absolute atomic E-state index is 0.0115. The Labute approximate surface area is 187 Å². The molecule has 1 saturated heterocycles.